The molecule has 1 atom stereocenters. The van der Waals surface area contributed by atoms with Gasteiger partial charge in [0.2, 0.25) is 0 Å². The average molecular weight is 177 g/mol. The van der Waals surface area contributed by atoms with Gasteiger partial charge in [-0.2, -0.15) is 0 Å². The van der Waals surface area contributed by atoms with Crippen LogP contribution in [0.5, 0.6) is 0 Å². The van der Waals surface area contributed by atoms with Gasteiger partial charge in [0.1, 0.15) is 0 Å². The molecule has 0 bridgehead atoms. The molecular weight excluding hydrogens is 162 g/mol. The summed E-state index contributed by atoms with van der Waals surface area (Å²) in [6, 6.07) is 8.48. The van der Waals surface area contributed by atoms with Crippen molar-refractivity contribution in [3.8, 4) is 0 Å². The number of aliphatic hydroxyl groups is 1. The molecular formula is C11H15NO. The van der Waals surface area contributed by atoms with E-state index in [1.165, 1.54) is 11.1 Å². The van der Waals surface area contributed by atoms with Crippen molar-refractivity contribution in [2.45, 2.75) is 18.9 Å². The van der Waals surface area contributed by atoms with E-state index in [0.717, 1.165) is 19.5 Å². The molecule has 13 heavy (non-hydrogen) atoms. The second-order valence-electron chi connectivity index (χ2n) is 3.54. The van der Waals surface area contributed by atoms with E-state index in [-0.39, 0.29) is 6.61 Å². The fourth-order valence-electron chi connectivity index (χ4n) is 2.00. The van der Waals surface area contributed by atoms with Crippen molar-refractivity contribution in [2.24, 2.45) is 0 Å². The lowest BCUT2D eigenvalue weighted by Gasteiger charge is -2.25. The van der Waals surface area contributed by atoms with E-state index in [1.807, 2.05) is 0 Å². The van der Waals surface area contributed by atoms with Gasteiger partial charge in [0.15, 0.2) is 0 Å². The van der Waals surface area contributed by atoms with Crippen LogP contribution in [0.3, 0.4) is 0 Å². The van der Waals surface area contributed by atoms with Gasteiger partial charge in [-0.3, -0.25) is 0 Å². The zero-order chi connectivity index (χ0) is 9.10. The average Bonchev–Trinajstić information content (AvgIpc) is 2.19. The van der Waals surface area contributed by atoms with Crippen LogP contribution in [0.1, 0.15) is 23.5 Å². The zero-order valence-corrected chi connectivity index (χ0v) is 7.66. The molecule has 1 heterocycles. The molecule has 2 rings (SSSR count). The summed E-state index contributed by atoms with van der Waals surface area (Å²) in [5, 5.41) is 12.3. The normalized spacial score (nSPS) is 21.2. The molecule has 2 N–H and O–H groups in total. The number of rotatable bonds is 2. The maximum Gasteiger partial charge on any atom is 0.0437 e. The van der Waals surface area contributed by atoms with E-state index in [0.29, 0.717) is 5.92 Å². The third-order valence-corrected chi connectivity index (χ3v) is 2.68. The predicted molar refractivity (Wildman–Crippen MR) is 52.6 cm³/mol. The molecule has 1 aromatic rings. The number of hydrogen-bond acceptors (Lipinski definition) is 2. The van der Waals surface area contributed by atoms with E-state index < -0.39 is 0 Å². The summed E-state index contributed by atoms with van der Waals surface area (Å²) in [5.74, 6) is 0.495. The molecule has 0 radical (unpaired) electrons. The van der Waals surface area contributed by atoms with Crippen molar-refractivity contribution in [2.75, 3.05) is 13.2 Å². The summed E-state index contributed by atoms with van der Waals surface area (Å²) in [5.41, 5.74) is 2.79. The summed E-state index contributed by atoms with van der Waals surface area (Å²) in [6.45, 7) is 2.25. The lowest BCUT2D eigenvalue weighted by atomic mass is 9.89. The van der Waals surface area contributed by atoms with Crippen molar-refractivity contribution >= 4 is 0 Å². The Labute approximate surface area is 78.6 Å². The van der Waals surface area contributed by atoms with E-state index in [1.54, 1.807) is 0 Å². The Morgan fingerprint density at radius 3 is 3.08 bits per heavy atom. The van der Waals surface area contributed by atoms with E-state index in [9.17, 15) is 0 Å². The van der Waals surface area contributed by atoms with Crippen molar-refractivity contribution in [3.05, 3.63) is 35.4 Å². The SMILES string of the molecule is OCC[C@H]1CNCc2ccccc21. The third kappa shape index (κ3) is 1.74. The minimum atomic E-state index is 0.278. The number of fused-ring (bicyclic) bond motifs is 1. The smallest absolute Gasteiger partial charge is 0.0437 e. The maximum absolute atomic E-state index is 8.92. The molecule has 0 spiro atoms. The van der Waals surface area contributed by atoms with Crippen LogP contribution in [0.4, 0.5) is 0 Å². The summed E-state index contributed by atoms with van der Waals surface area (Å²) < 4.78 is 0. The summed E-state index contributed by atoms with van der Waals surface area (Å²) in [7, 11) is 0. The van der Waals surface area contributed by atoms with Crippen LogP contribution in [-0.4, -0.2) is 18.3 Å². The minimum absolute atomic E-state index is 0.278. The second kappa shape index (κ2) is 3.90. The molecule has 0 amide bonds. The summed E-state index contributed by atoms with van der Waals surface area (Å²) in [4.78, 5) is 0. The van der Waals surface area contributed by atoms with Crippen LogP contribution in [0, 0.1) is 0 Å². The highest BCUT2D eigenvalue weighted by molar-refractivity contribution is 5.32. The monoisotopic (exact) mass is 177 g/mol. The van der Waals surface area contributed by atoms with Crippen LogP contribution in [0.2, 0.25) is 0 Å². The first-order valence-corrected chi connectivity index (χ1v) is 4.81. The Morgan fingerprint density at radius 2 is 2.23 bits per heavy atom. The molecule has 0 aromatic heterocycles. The van der Waals surface area contributed by atoms with Gasteiger partial charge in [-0.15, -0.1) is 0 Å². The predicted octanol–water partition coefficient (Wildman–Crippen LogP) is 1.26. The molecule has 1 aliphatic heterocycles. The maximum atomic E-state index is 8.92. The van der Waals surface area contributed by atoms with Crippen molar-refractivity contribution in [3.63, 3.8) is 0 Å². The number of benzene rings is 1. The van der Waals surface area contributed by atoms with Crippen LogP contribution < -0.4 is 5.32 Å². The molecule has 0 saturated carbocycles. The number of aliphatic hydroxyl groups excluding tert-OH is 1. The lowest BCUT2D eigenvalue weighted by molar-refractivity contribution is 0.271. The Hall–Kier alpha value is -0.860. The molecule has 2 heteroatoms. The topological polar surface area (TPSA) is 32.3 Å². The largest absolute Gasteiger partial charge is 0.396 e. The molecule has 0 aliphatic carbocycles. The lowest BCUT2D eigenvalue weighted by Crippen LogP contribution is -2.28. The Bertz CT molecular complexity index is 285. The molecule has 1 aliphatic rings. The van der Waals surface area contributed by atoms with Gasteiger partial charge < -0.3 is 10.4 Å². The van der Waals surface area contributed by atoms with Crippen LogP contribution in [-0.2, 0) is 6.54 Å². The fourth-order valence-corrected chi connectivity index (χ4v) is 2.00. The first-order valence-electron chi connectivity index (χ1n) is 4.81. The quantitative estimate of drug-likeness (QED) is 0.712. The number of nitrogens with one attached hydrogen (secondary N) is 1. The molecule has 1 aromatic carbocycles. The zero-order valence-electron chi connectivity index (χ0n) is 7.66. The summed E-state index contributed by atoms with van der Waals surface area (Å²) >= 11 is 0. The fraction of sp³-hybridized carbons (Fsp3) is 0.455. The van der Waals surface area contributed by atoms with Gasteiger partial charge in [-0.05, 0) is 23.5 Å². The Morgan fingerprint density at radius 1 is 1.38 bits per heavy atom. The second-order valence-corrected chi connectivity index (χ2v) is 3.54. The highest BCUT2D eigenvalue weighted by atomic mass is 16.3. The van der Waals surface area contributed by atoms with Crippen molar-refractivity contribution < 1.29 is 5.11 Å². The standard InChI is InChI=1S/C11H15NO/c13-6-5-10-8-12-7-9-3-1-2-4-11(9)10/h1-4,10,12-13H,5-8H2/t10-/m0/s1. The highest BCUT2D eigenvalue weighted by Gasteiger charge is 2.18. The van der Waals surface area contributed by atoms with Crippen LogP contribution in [0.25, 0.3) is 0 Å². The first-order chi connectivity index (χ1) is 6.42. The van der Waals surface area contributed by atoms with Gasteiger partial charge in [0.05, 0.1) is 0 Å². The summed E-state index contributed by atoms with van der Waals surface area (Å²) in [6.07, 6.45) is 0.865. The molecule has 0 saturated heterocycles. The molecule has 2 nitrogen and oxygen atoms in total. The Balaban J connectivity index is 2.26. The van der Waals surface area contributed by atoms with Gasteiger partial charge in [-0.1, -0.05) is 24.3 Å². The van der Waals surface area contributed by atoms with E-state index in [4.69, 9.17) is 5.11 Å². The molecule has 0 unspecified atom stereocenters. The van der Waals surface area contributed by atoms with E-state index >= 15 is 0 Å². The first kappa shape index (κ1) is 8.73. The van der Waals surface area contributed by atoms with Crippen molar-refractivity contribution in [1.82, 2.24) is 5.32 Å². The van der Waals surface area contributed by atoms with Crippen molar-refractivity contribution in [1.29, 1.82) is 0 Å². The number of hydrogen-bond donors (Lipinski definition) is 2. The van der Waals surface area contributed by atoms with Crippen LogP contribution >= 0.6 is 0 Å². The van der Waals surface area contributed by atoms with Gasteiger partial charge in [-0.25, -0.2) is 0 Å². The molecule has 70 valence electrons. The van der Waals surface area contributed by atoms with Crippen LogP contribution in [0.15, 0.2) is 24.3 Å². The van der Waals surface area contributed by atoms with Gasteiger partial charge >= 0.3 is 0 Å². The minimum Gasteiger partial charge on any atom is -0.396 e. The van der Waals surface area contributed by atoms with Gasteiger partial charge in [0.25, 0.3) is 0 Å². The van der Waals surface area contributed by atoms with Gasteiger partial charge in [0, 0.05) is 19.7 Å². The third-order valence-electron chi connectivity index (χ3n) is 2.68. The Kier molecular flexibility index (Phi) is 2.62. The van der Waals surface area contributed by atoms with E-state index in [2.05, 4.69) is 29.6 Å². The highest BCUT2D eigenvalue weighted by Crippen LogP contribution is 2.25. The molecule has 0 fully saturated rings.